The molecule has 0 fully saturated rings. The molecule has 23 heavy (non-hydrogen) atoms. The Morgan fingerprint density at radius 1 is 1.26 bits per heavy atom. The van der Waals surface area contributed by atoms with E-state index in [1.165, 1.54) is 11.3 Å². The number of nitriles is 1. The first kappa shape index (κ1) is 15.3. The number of ether oxygens (including phenoxy) is 1. The van der Waals surface area contributed by atoms with E-state index in [1.54, 1.807) is 18.2 Å². The molecule has 0 saturated carbocycles. The average Bonchev–Trinajstić information content (AvgIpc) is 2.89. The van der Waals surface area contributed by atoms with E-state index in [4.69, 9.17) is 21.6 Å². The van der Waals surface area contributed by atoms with Crippen LogP contribution in [0.3, 0.4) is 0 Å². The van der Waals surface area contributed by atoms with E-state index >= 15 is 0 Å². The number of amides is 1. The predicted octanol–water partition coefficient (Wildman–Crippen LogP) is 5.18. The van der Waals surface area contributed by atoms with Gasteiger partial charge in [-0.25, -0.2) is 4.79 Å². The molecule has 0 unspecified atom stereocenters. The molecule has 2 aromatic carbocycles. The van der Waals surface area contributed by atoms with Crippen LogP contribution in [-0.2, 0) is 11.3 Å². The van der Waals surface area contributed by atoms with Crippen molar-refractivity contribution in [3.63, 3.8) is 0 Å². The van der Waals surface area contributed by atoms with E-state index in [9.17, 15) is 4.79 Å². The summed E-state index contributed by atoms with van der Waals surface area (Å²) in [5, 5.41) is 12.9. The van der Waals surface area contributed by atoms with Crippen LogP contribution in [0.1, 0.15) is 10.4 Å². The molecule has 0 aliphatic carbocycles. The average molecular weight is 343 g/mol. The molecule has 1 heterocycles. The summed E-state index contributed by atoms with van der Waals surface area (Å²) in [4.78, 5) is 12.3. The van der Waals surface area contributed by atoms with Crippen molar-refractivity contribution in [3.8, 4) is 6.07 Å². The molecule has 0 saturated heterocycles. The second kappa shape index (κ2) is 6.69. The van der Waals surface area contributed by atoms with Gasteiger partial charge in [0.2, 0.25) is 0 Å². The summed E-state index contributed by atoms with van der Waals surface area (Å²) in [6.07, 6.45) is -0.531. The van der Waals surface area contributed by atoms with E-state index in [2.05, 4.69) is 11.4 Å². The van der Waals surface area contributed by atoms with Crippen LogP contribution >= 0.6 is 22.9 Å². The zero-order valence-corrected chi connectivity index (χ0v) is 13.4. The fourth-order valence-electron chi connectivity index (χ4n) is 2.09. The SMILES string of the molecule is N#Cc1sc2cc(NC(=O)OCc3ccccc3)ccc2c1Cl. The Labute approximate surface area is 141 Å². The minimum atomic E-state index is -0.531. The lowest BCUT2D eigenvalue weighted by Gasteiger charge is -2.07. The van der Waals surface area contributed by atoms with E-state index < -0.39 is 6.09 Å². The van der Waals surface area contributed by atoms with Crippen molar-refractivity contribution < 1.29 is 9.53 Å². The van der Waals surface area contributed by atoms with Gasteiger partial charge in [-0.1, -0.05) is 41.9 Å². The molecule has 0 radical (unpaired) electrons. The van der Waals surface area contributed by atoms with Crippen LogP contribution in [0, 0.1) is 11.3 Å². The number of benzene rings is 2. The summed E-state index contributed by atoms with van der Waals surface area (Å²) in [7, 11) is 0. The Kier molecular flexibility index (Phi) is 4.47. The van der Waals surface area contributed by atoms with Crippen LogP contribution in [-0.4, -0.2) is 6.09 Å². The fourth-order valence-corrected chi connectivity index (χ4v) is 3.40. The Balaban J connectivity index is 1.69. The van der Waals surface area contributed by atoms with E-state index in [0.29, 0.717) is 15.6 Å². The van der Waals surface area contributed by atoms with Crippen molar-refractivity contribution in [2.24, 2.45) is 0 Å². The molecular weight excluding hydrogens is 332 g/mol. The Bertz CT molecular complexity index is 900. The number of thiophene rings is 1. The minimum absolute atomic E-state index is 0.207. The predicted molar refractivity (Wildman–Crippen MR) is 91.8 cm³/mol. The Morgan fingerprint density at radius 2 is 2.04 bits per heavy atom. The number of anilines is 1. The minimum Gasteiger partial charge on any atom is -0.444 e. The molecule has 0 bridgehead atoms. The summed E-state index contributed by atoms with van der Waals surface area (Å²) >= 11 is 7.40. The molecule has 4 nitrogen and oxygen atoms in total. The smallest absolute Gasteiger partial charge is 0.411 e. The lowest BCUT2D eigenvalue weighted by Crippen LogP contribution is -2.13. The molecule has 1 aromatic heterocycles. The summed E-state index contributed by atoms with van der Waals surface area (Å²) in [6.45, 7) is 0.207. The lowest BCUT2D eigenvalue weighted by atomic mass is 10.2. The number of carbonyl (C=O) groups is 1. The van der Waals surface area contributed by atoms with E-state index in [0.717, 1.165) is 15.6 Å². The lowest BCUT2D eigenvalue weighted by molar-refractivity contribution is 0.155. The maximum atomic E-state index is 11.8. The fraction of sp³-hybridized carbons (Fsp3) is 0.0588. The normalized spacial score (nSPS) is 10.3. The van der Waals surface area contributed by atoms with Crippen molar-refractivity contribution in [1.29, 1.82) is 5.26 Å². The third-order valence-corrected chi connectivity index (χ3v) is 4.75. The van der Waals surface area contributed by atoms with Gasteiger partial charge in [0.1, 0.15) is 17.6 Å². The number of rotatable bonds is 3. The summed E-state index contributed by atoms with van der Waals surface area (Å²) < 4.78 is 6.01. The molecule has 1 N–H and O–H groups in total. The third kappa shape index (κ3) is 3.45. The number of nitrogens with zero attached hydrogens (tertiary/aromatic N) is 1. The number of nitrogens with one attached hydrogen (secondary N) is 1. The monoisotopic (exact) mass is 342 g/mol. The molecule has 3 rings (SSSR count). The highest BCUT2D eigenvalue weighted by Gasteiger charge is 2.11. The molecule has 1 amide bonds. The summed E-state index contributed by atoms with van der Waals surface area (Å²) in [5.41, 5.74) is 1.51. The summed E-state index contributed by atoms with van der Waals surface area (Å²) in [5.74, 6) is 0. The molecule has 0 spiro atoms. The van der Waals surface area contributed by atoms with E-state index in [1.807, 2.05) is 30.3 Å². The number of carbonyl (C=O) groups excluding carboxylic acids is 1. The molecule has 114 valence electrons. The highest BCUT2D eigenvalue weighted by atomic mass is 35.5. The van der Waals surface area contributed by atoms with Crippen molar-refractivity contribution in [1.82, 2.24) is 0 Å². The van der Waals surface area contributed by atoms with Crippen molar-refractivity contribution >= 4 is 44.8 Å². The molecule has 3 aromatic rings. The third-order valence-electron chi connectivity index (χ3n) is 3.19. The number of halogens is 1. The highest BCUT2D eigenvalue weighted by molar-refractivity contribution is 7.20. The van der Waals surface area contributed by atoms with Crippen LogP contribution in [0.25, 0.3) is 10.1 Å². The maximum Gasteiger partial charge on any atom is 0.411 e. The quantitative estimate of drug-likeness (QED) is 0.713. The number of hydrogen-bond donors (Lipinski definition) is 1. The Hall–Kier alpha value is -2.55. The second-order valence-corrected chi connectivity index (χ2v) is 6.18. The van der Waals surface area contributed by atoms with Gasteiger partial charge in [-0.2, -0.15) is 5.26 Å². The standard InChI is InChI=1S/C17H11ClN2O2S/c18-16-13-7-6-12(8-14(13)23-15(16)9-19)20-17(21)22-10-11-4-2-1-3-5-11/h1-8H,10H2,(H,20,21). The van der Waals surface area contributed by atoms with Crippen molar-refractivity contribution in [2.75, 3.05) is 5.32 Å². The first-order chi connectivity index (χ1) is 11.2. The van der Waals surface area contributed by atoms with Crippen LogP contribution in [0.5, 0.6) is 0 Å². The number of hydrogen-bond acceptors (Lipinski definition) is 4. The van der Waals surface area contributed by atoms with E-state index in [-0.39, 0.29) is 6.61 Å². The van der Waals surface area contributed by atoms with Gasteiger partial charge in [0, 0.05) is 15.8 Å². The molecule has 0 aliphatic rings. The van der Waals surface area contributed by atoms with Gasteiger partial charge >= 0.3 is 6.09 Å². The molecule has 6 heteroatoms. The zero-order valence-electron chi connectivity index (χ0n) is 11.9. The highest BCUT2D eigenvalue weighted by Crippen LogP contribution is 2.36. The number of fused-ring (bicyclic) bond motifs is 1. The zero-order chi connectivity index (χ0) is 16.2. The van der Waals surface area contributed by atoms with Crippen molar-refractivity contribution in [3.05, 3.63) is 64.0 Å². The Morgan fingerprint density at radius 3 is 2.78 bits per heavy atom. The van der Waals surface area contributed by atoms with Gasteiger partial charge in [-0.15, -0.1) is 11.3 Å². The summed E-state index contributed by atoms with van der Waals surface area (Å²) in [6, 6.07) is 16.8. The first-order valence-electron chi connectivity index (χ1n) is 6.77. The topological polar surface area (TPSA) is 62.1 Å². The van der Waals surface area contributed by atoms with Gasteiger partial charge in [0.15, 0.2) is 0 Å². The largest absolute Gasteiger partial charge is 0.444 e. The van der Waals surface area contributed by atoms with Crippen LogP contribution in [0.15, 0.2) is 48.5 Å². The van der Waals surface area contributed by atoms with Crippen molar-refractivity contribution in [2.45, 2.75) is 6.61 Å². The van der Waals surface area contributed by atoms with Crippen LogP contribution in [0.2, 0.25) is 5.02 Å². The second-order valence-electron chi connectivity index (χ2n) is 4.75. The first-order valence-corrected chi connectivity index (χ1v) is 7.96. The molecule has 0 atom stereocenters. The van der Waals surface area contributed by atoms with Gasteiger partial charge in [0.05, 0.1) is 5.02 Å². The van der Waals surface area contributed by atoms with Gasteiger partial charge in [-0.3, -0.25) is 5.32 Å². The molecule has 0 aliphatic heterocycles. The molecular formula is C17H11ClN2O2S. The van der Waals surface area contributed by atoms with Crippen LogP contribution < -0.4 is 5.32 Å². The van der Waals surface area contributed by atoms with Gasteiger partial charge < -0.3 is 4.74 Å². The van der Waals surface area contributed by atoms with Gasteiger partial charge in [0.25, 0.3) is 0 Å². The maximum absolute atomic E-state index is 11.8. The van der Waals surface area contributed by atoms with Gasteiger partial charge in [-0.05, 0) is 23.8 Å². The van der Waals surface area contributed by atoms with Crippen LogP contribution in [0.4, 0.5) is 10.5 Å².